The Hall–Kier alpha value is -3.68. The number of nitrogens with zero attached hydrogens (tertiary/aromatic N) is 1. The second-order valence-electron chi connectivity index (χ2n) is 5.51. The summed E-state index contributed by atoms with van der Waals surface area (Å²) in [5.41, 5.74) is 5.54. The standard InChI is InChI=1S/C18H14N2O6/c1-2-26-18(25)14-8-12-11(7-13(14)17(23)24)15(21)20(16(12)22)10-5-3-9(19)4-6-10/h3-8H,2,19H2,1H3,(H,23,24). The summed E-state index contributed by atoms with van der Waals surface area (Å²) >= 11 is 0. The third-order valence-corrected chi connectivity index (χ3v) is 3.90. The molecule has 0 atom stereocenters. The number of carboxylic acids is 1. The monoisotopic (exact) mass is 354 g/mol. The van der Waals surface area contributed by atoms with Gasteiger partial charge in [0.05, 0.1) is 34.5 Å². The van der Waals surface area contributed by atoms with Crippen LogP contribution in [0.25, 0.3) is 0 Å². The molecule has 0 aromatic heterocycles. The smallest absolute Gasteiger partial charge is 0.339 e. The lowest BCUT2D eigenvalue weighted by Gasteiger charge is -2.13. The van der Waals surface area contributed by atoms with Crippen LogP contribution in [0.4, 0.5) is 11.4 Å². The van der Waals surface area contributed by atoms with Crippen molar-refractivity contribution in [3.63, 3.8) is 0 Å². The summed E-state index contributed by atoms with van der Waals surface area (Å²) in [6, 6.07) is 8.19. The fourth-order valence-electron chi connectivity index (χ4n) is 2.70. The first-order valence-electron chi connectivity index (χ1n) is 7.68. The van der Waals surface area contributed by atoms with Gasteiger partial charge in [0.2, 0.25) is 0 Å². The number of imide groups is 1. The normalized spacial score (nSPS) is 12.9. The van der Waals surface area contributed by atoms with Crippen molar-refractivity contribution >= 4 is 35.1 Å². The molecule has 8 nitrogen and oxygen atoms in total. The molecule has 2 aromatic rings. The molecule has 0 radical (unpaired) electrons. The molecule has 0 bridgehead atoms. The molecule has 0 aliphatic carbocycles. The van der Waals surface area contributed by atoms with Gasteiger partial charge in [-0.25, -0.2) is 14.5 Å². The van der Waals surface area contributed by atoms with Gasteiger partial charge in [0.25, 0.3) is 11.8 Å². The minimum Gasteiger partial charge on any atom is -0.478 e. The predicted molar refractivity (Wildman–Crippen MR) is 91.4 cm³/mol. The molecule has 0 spiro atoms. The fourth-order valence-corrected chi connectivity index (χ4v) is 2.70. The van der Waals surface area contributed by atoms with Crippen molar-refractivity contribution in [2.24, 2.45) is 0 Å². The predicted octanol–water partition coefficient (Wildman–Crippen LogP) is 1.94. The minimum atomic E-state index is -1.40. The van der Waals surface area contributed by atoms with Gasteiger partial charge in [0, 0.05) is 5.69 Å². The minimum absolute atomic E-state index is 0.0411. The first-order valence-corrected chi connectivity index (χ1v) is 7.68. The number of benzene rings is 2. The van der Waals surface area contributed by atoms with E-state index in [2.05, 4.69) is 0 Å². The van der Waals surface area contributed by atoms with Crippen LogP contribution in [0.5, 0.6) is 0 Å². The van der Waals surface area contributed by atoms with E-state index < -0.39 is 29.3 Å². The SMILES string of the molecule is CCOC(=O)c1cc2c(cc1C(=O)O)C(=O)N(c1ccc(N)cc1)C2=O. The number of amides is 2. The maximum atomic E-state index is 12.7. The average Bonchev–Trinajstić information content (AvgIpc) is 2.85. The van der Waals surface area contributed by atoms with E-state index in [1.54, 1.807) is 6.92 Å². The van der Waals surface area contributed by atoms with Crippen LogP contribution in [0.2, 0.25) is 0 Å². The number of fused-ring (bicyclic) bond motifs is 1. The zero-order valence-electron chi connectivity index (χ0n) is 13.7. The molecule has 1 aliphatic rings. The van der Waals surface area contributed by atoms with Gasteiger partial charge in [-0.3, -0.25) is 9.59 Å². The highest BCUT2D eigenvalue weighted by Crippen LogP contribution is 2.31. The number of aromatic carboxylic acids is 1. The molecule has 2 amide bonds. The van der Waals surface area contributed by atoms with Crippen molar-refractivity contribution in [1.82, 2.24) is 0 Å². The molecule has 1 aliphatic heterocycles. The Kier molecular flexibility index (Phi) is 4.17. The number of rotatable bonds is 4. The van der Waals surface area contributed by atoms with Crippen molar-refractivity contribution in [2.45, 2.75) is 6.92 Å². The highest BCUT2D eigenvalue weighted by Gasteiger charge is 2.39. The molecule has 0 saturated heterocycles. The maximum Gasteiger partial charge on any atom is 0.339 e. The largest absolute Gasteiger partial charge is 0.478 e. The van der Waals surface area contributed by atoms with Gasteiger partial charge in [-0.15, -0.1) is 0 Å². The number of carboxylic acid groups (broad SMARTS) is 1. The quantitative estimate of drug-likeness (QED) is 0.488. The first-order chi connectivity index (χ1) is 12.3. The van der Waals surface area contributed by atoms with Crippen LogP contribution in [-0.4, -0.2) is 35.5 Å². The molecule has 3 rings (SSSR count). The fraction of sp³-hybridized carbons (Fsp3) is 0.111. The Morgan fingerprint density at radius 3 is 2.08 bits per heavy atom. The number of carbonyl (C=O) groups is 4. The van der Waals surface area contributed by atoms with Crippen molar-refractivity contribution in [2.75, 3.05) is 17.2 Å². The Balaban J connectivity index is 2.13. The third-order valence-electron chi connectivity index (χ3n) is 3.90. The number of nitrogen functional groups attached to an aromatic ring is 1. The topological polar surface area (TPSA) is 127 Å². The van der Waals surface area contributed by atoms with E-state index in [4.69, 9.17) is 10.5 Å². The van der Waals surface area contributed by atoms with Gasteiger partial charge in [-0.1, -0.05) is 0 Å². The summed E-state index contributed by atoms with van der Waals surface area (Å²) in [5, 5.41) is 9.35. The number of ether oxygens (including phenoxy) is 1. The van der Waals surface area contributed by atoms with Crippen molar-refractivity contribution in [3.05, 3.63) is 58.7 Å². The van der Waals surface area contributed by atoms with Crippen LogP contribution in [0.3, 0.4) is 0 Å². The summed E-state index contributed by atoms with van der Waals surface area (Å²) in [7, 11) is 0. The Morgan fingerprint density at radius 2 is 1.58 bits per heavy atom. The van der Waals surface area contributed by atoms with Crippen LogP contribution < -0.4 is 10.6 Å². The molecule has 1 heterocycles. The number of nitrogens with two attached hydrogens (primary N) is 1. The van der Waals surface area contributed by atoms with Crippen molar-refractivity contribution in [3.8, 4) is 0 Å². The highest BCUT2D eigenvalue weighted by atomic mass is 16.5. The highest BCUT2D eigenvalue weighted by molar-refractivity contribution is 6.35. The summed E-state index contributed by atoms with van der Waals surface area (Å²) < 4.78 is 4.84. The summed E-state index contributed by atoms with van der Waals surface area (Å²) in [5.74, 6) is -3.61. The summed E-state index contributed by atoms with van der Waals surface area (Å²) in [6.07, 6.45) is 0. The van der Waals surface area contributed by atoms with E-state index >= 15 is 0 Å². The Labute approximate surface area is 147 Å². The zero-order valence-corrected chi connectivity index (χ0v) is 13.7. The van der Waals surface area contributed by atoms with E-state index in [1.165, 1.54) is 24.3 Å². The van der Waals surface area contributed by atoms with Gasteiger partial charge >= 0.3 is 11.9 Å². The van der Waals surface area contributed by atoms with Crippen LogP contribution >= 0.6 is 0 Å². The average molecular weight is 354 g/mol. The number of carbonyl (C=O) groups excluding carboxylic acids is 3. The molecule has 0 fully saturated rings. The van der Waals surface area contributed by atoms with Crippen LogP contribution in [0.1, 0.15) is 48.4 Å². The molecule has 2 aromatic carbocycles. The lowest BCUT2D eigenvalue weighted by Crippen LogP contribution is -2.29. The second-order valence-corrected chi connectivity index (χ2v) is 5.51. The number of hydrogen-bond donors (Lipinski definition) is 2. The molecule has 132 valence electrons. The summed E-state index contributed by atoms with van der Waals surface area (Å²) in [6.45, 7) is 1.61. The van der Waals surface area contributed by atoms with Gasteiger partial charge in [-0.05, 0) is 43.3 Å². The molecule has 3 N–H and O–H groups in total. The van der Waals surface area contributed by atoms with Gasteiger partial charge in [0.15, 0.2) is 0 Å². The number of hydrogen-bond acceptors (Lipinski definition) is 6. The Morgan fingerprint density at radius 1 is 1.04 bits per heavy atom. The summed E-state index contributed by atoms with van der Waals surface area (Å²) in [4.78, 5) is 49.7. The second kappa shape index (κ2) is 6.32. The van der Waals surface area contributed by atoms with Crippen LogP contribution in [-0.2, 0) is 4.74 Å². The van der Waals surface area contributed by atoms with E-state index in [1.807, 2.05) is 0 Å². The zero-order chi connectivity index (χ0) is 19.0. The maximum absolute atomic E-state index is 12.7. The van der Waals surface area contributed by atoms with Gasteiger partial charge < -0.3 is 15.6 Å². The lowest BCUT2D eigenvalue weighted by molar-refractivity contribution is 0.0514. The molecule has 8 heteroatoms. The van der Waals surface area contributed by atoms with E-state index in [9.17, 15) is 24.3 Å². The first kappa shape index (κ1) is 17.2. The lowest BCUT2D eigenvalue weighted by atomic mass is 9.99. The molecular formula is C18H14N2O6. The number of esters is 1. The molecule has 26 heavy (non-hydrogen) atoms. The van der Waals surface area contributed by atoms with Crippen molar-refractivity contribution < 1.29 is 29.0 Å². The molecule has 0 saturated carbocycles. The van der Waals surface area contributed by atoms with Gasteiger partial charge in [-0.2, -0.15) is 0 Å². The van der Waals surface area contributed by atoms with E-state index in [0.717, 1.165) is 17.0 Å². The van der Waals surface area contributed by atoms with Crippen molar-refractivity contribution in [1.29, 1.82) is 0 Å². The molecule has 0 unspecified atom stereocenters. The van der Waals surface area contributed by atoms with E-state index in [0.29, 0.717) is 11.4 Å². The number of anilines is 2. The van der Waals surface area contributed by atoms with E-state index in [-0.39, 0.29) is 23.3 Å². The third kappa shape index (κ3) is 2.67. The van der Waals surface area contributed by atoms with Crippen LogP contribution in [0, 0.1) is 0 Å². The molecular weight excluding hydrogens is 340 g/mol. The van der Waals surface area contributed by atoms with Crippen LogP contribution in [0.15, 0.2) is 36.4 Å². The van der Waals surface area contributed by atoms with Gasteiger partial charge in [0.1, 0.15) is 0 Å². The Bertz CT molecular complexity index is 949.